The van der Waals surface area contributed by atoms with E-state index in [9.17, 15) is 9.50 Å². The number of aromatic nitrogens is 4. The van der Waals surface area contributed by atoms with Crippen LogP contribution < -0.4 is 20.3 Å². The Morgan fingerprint density at radius 1 is 1.02 bits per heavy atom. The van der Waals surface area contributed by atoms with Crippen LogP contribution in [0, 0.1) is 5.82 Å². The van der Waals surface area contributed by atoms with E-state index in [0.717, 1.165) is 43.0 Å². The van der Waals surface area contributed by atoms with Crippen LogP contribution in [0.15, 0.2) is 53.4 Å². The summed E-state index contributed by atoms with van der Waals surface area (Å²) in [5, 5.41) is 21.5. The van der Waals surface area contributed by atoms with Gasteiger partial charge in [-0.15, -0.1) is 0 Å². The first-order valence-corrected chi connectivity index (χ1v) is 14.0. The van der Waals surface area contributed by atoms with E-state index in [-0.39, 0.29) is 0 Å². The summed E-state index contributed by atoms with van der Waals surface area (Å²) in [6.45, 7) is 7.03. The number of rotatable bonds is 8. The third-order valence-corrected chi connectivity index (χ3v) is 7.64. The number of nitrogens with one attached hydrogen (secondary N) is 2. The lowest BCUT2D eigenvalue weighted by atomic mass is 9.96. The van der Waals surface area contributed by atoms with Crippen LogP contribution in [0.25, 0.3) is 11.1 Å². The molecule has 0 spiro atoms. The highest BCUT2D eigenvalue weighted by Gasteiger charge is 2.23. The number of aryl methyl sites for hydroxylation is 1. The summed E-state index contributed by atoms with van der Waals surface area (Å²) >= 11 is 3.48. The third-order valence-electron chi connectivity index (χ3n) is 7.06. The summed E-state index contributed by atoms with van der Waals surface area (Å²) in [7, 11) is 5.66. The van der Waals surface area contributed by atoms with Gasteiger partial charge in [-0.25, -0.2) is 9.37 Å². The van der Waals surface area contributed by atoms with Crippen molar-refractivity contribution in [1.29, 1.82) is 0 Å². The molecule has 10 nitrogen and oxygen atoms in total. The Bertz CT molecular complexity index is 1550. The van der Waals surface area contributed by atoms with E-state index < -0.39 is 11.4 Å². The standard InChI is InChI=1S/C29H34BrFN8O2/c1-29(2,40)21-7-6-19(31)12-23(21)34-27-22(30)16-32-28(36-27)35-24-13-20(18-15-33-38(4)17-18)25(14-26(24)41-5)39-10-8-37(3)9-11-39/h6-7,12-17,40H,8-11H2,1-5H3,(H2,32,34,35,36). The molecule has 12 heteroatoms. The predicted octanol–water partition coefficient (Wildman–Crippen LogP) is 5.25. The molecule has 1 saturated heterocycles. The Morgan fingerprint density at radius 2 is 1.78 bits per heavy atom. The van der Waals surface area contributed by atoms with Crippen molar-refractivity contribution in [1.82, 2.24) is 24.6 Å². The maximum absolute atomic E-state index is 14.2. The molecule has 3 heterocycles. The summed E-state index contributed by atoms with van der Waals surface area (Å²) in [5.74, 6) is 0.915. The Kier molecular flexibility index (Phi) is 8.16. The molecule has 2 aromatic carbocycles. The molecule has 5 rings (SSSR count). The van der Waals surface area contributed by atoms with Crippen LogP contribution in [-0.2, 0) is 12.6 Å². The number of likely N-dealkylation sites (N-methyl/N-ethyl adjacent to an activating group) is 1. The molecule has 216 valence electrons. The number of piperazine rings is 1. The van der Waals surface area contributed by atoms with E-state index in [0.29, 0.717) is 38.9 Å². The molecular weight excluding hydrogens is 591 g/mol. The molecule has 4 aromatic rings. The zero-order valence-corrected chi connectivity index (χ0v) is 25.3. The van der Waals surface area contributed by atoms with Gasteiger partial charge in [-0.2, -0.15) is 10.1 Å². The van der Waals surface area contributed by atoms with Crippen LogP contribution in [0.4, 0.5) is 33.2 Å². The van der Waals surface area contributed by atoms with E-state index in [4.69, 9.17) is 4.74 Å². The molecule has 0 aliphatic carbocycles. The molecule has 1 aliphatic heterocycles. The summed E-state index contributed by atoms with van der Waals surface area (Å²) in [5.41, 5.74) is 3.47. The molecule has 1 fully saturated rings. The fourth-order valence-corrected chi connectivity index (χ4v) is 5.14. The van der Waals surface area contributed by atoms with Crippen LogP contribution in [-0.4, -0.2) is 70.1 Å². The molecule has 0 bridgehead atoms. The van der Waals surface area contributed by atoms with Crippen molar-refractivity contribution >= 4 is 44.8 Å². The van der Waals surface area contributed by atoms with Crippen molar-refractivity contribution in [3.05, 3.63) is 64.8 Å². The Morgan fingerprint density at radius 3 is 2.44 bits per heavy atom. The smallest absolute Gasteiger partial charge is 0.229 e. The second-order valence-corrected chi connectivity index (χ2v) is 11.5. The Balaban J connectivity index is 1.51. The molecule has 1 aliphatic rings. The number of methoxy groups -OCH3 is 1. The predicted molar refractivity (Wildman–Crippen MR) is 163 cm³/mol. The van der Waals surface area contributed by atoms with Gasteiger partial charge in [0.2, 0.25) is 5.95 Å². The lowest BCUT2D eigenvalue weighted by Gasteiger charge is -2.35. The Hall–Kier alpha value is -3.74. The van der Waals surface area contributed by atoms with Gasteiger partial charge < -0.3 is 30.3 Å². The lowest BCUT2D eigenvalue weighted by Crippen LogP contribution is -2.44. The minimum Gasteiger partial charge on any atom is -0.494 e. The largest absolute Gasteiger partial charge is 0.494 e. The quantitative estimate of drug-likeness (QED) is 0.242. The number of benzene rings is 2. The number of halogens is 2. The van der Waals surface area contributed by atoms with E-state index >= 15 is 0 Å². The second-order valence-electron chi connectivity index (χ2n) is 10.7. The molecule has 3 N–H and O–H groups in total. The number of nitrogens with zero attached hydrogens (tertiary/aromatic N) is 6. The van der Waals surface area contributed by atoms with Crippen molar-refractivity contribution in [2.45, 2.75) is 19.4 Å². The maximum atomic E-state index is 14.2. The minimum absolute atomic E-state index is 0.305. The zero-order valence-electron chi connectivity index (χ0n) is 23.7. The lowest BCUT2D eigenvalue weighted by molar-refractivity contribution is 0.0793. The number of hydrogen-bond acceptors (Lipinski definition) is 9. The van der Waals surface area contributed by atoms with Crippen molar-refractivity contribution in [3.8, 4) is 16.9 Å². The van der Waals surface area contributed by atoms with Gasteiger partial charge in [-0.05, 0) is 55.0 Å². The SMILES string of the molecule is COc1cc(N2CCN(C)CC2)c(-c2cnn(C)c2)cc1Nc1ncc(Br)c(Nc2cc(F)ccc2C(C)(C)O)n1. The van der Waals surface area contributed by atoms with Gasteiger partial charge in [-0.3, -0.25) is 4.68 Å². The third kappa shape index (κ3) is 6.45. The first-order chi connectivity index (χ1) is 19.5. The average Bonchev–Trinajstić information content (AvgIpc) is 3.36. The molecule has 0 atom stereocenters. The van der Waals surface area contributed by atoms with Gasteiger partial charge in [0.05, 0.1) is 29.1 Å². The highest BCUT2D eigenvalue weighted by atomic mass is 79.9. The highest BCUT2D eigenvalue weighted by molar-refractivity contribution is 9.10. The van der Waals surface area contributed by atoms with Crippen molar-refractivity contribution in [2.24, 2.45) is 7.05 Å². The van der Waals surface area contributed by atoms with Gasteiger partial charge in [0.15, 0.2) is 0 Å². The summed E-state index contributed by atoms with van der Waals surface area (Å²) in [6, 6.07) is 8.27. The van der Waals surface area contributed by atoms with Gasteiger partial charge in [0.25, 0.3) is 0 Å². The summed E-state index contributed by atoms with van der Waals surface area (Å²) in [6.07, 6.45) is 5.44. The fourth-order valence-electron chi connectivity index (χ4n) is 4.85. The zero-order chi connectivity index (χ0) is 29.3. The molecule has 0 amide bonds. The molecule has 0 saturated carbocycles. The molecule has 0 radical (unpaired) electrons. The van der Waals surface area contributed by atoms with Gasteiger partial charge >= 0.3 is 0 Å². The van der Waals surface area contributed by atoms with Crippen LogP contribution in [0.5, 0.6) is 5.75 Å². The number of hydrogen-bond donors (Lipinski definition) is 3. The highest BCUT2D eigenvalue weighted by Crippen LogP contribution is 2.41. The van der Waals surface area contributed by atoms with Gasteiger partial charge in [-0.1, -0.05) is 6.07 Å². The van der Waals surface area contributed by atoms with Gasteiger partial charge in [0, 0.05) is 79.8 Å². The minimum atomic E-state index is -1.20. The fraction of sp³-hybridized carbons (Fsp3) is 0.345. The van der Waals surface area contributed by atoms with Crippen molar-refractivity contribution in [2.75, 3.05) is 55.9 Å². The molecule has 41 heavy (non-hydrogen) atoms. The second kappa shape index (κ2) is 11.6. The van der Waals surface area contributed by atoms with E-state index in [1.165, 1.54) is 12.1 Å². The number of aliphatic hydroxyl groups is 1. The Labute approximate surface area is 247 Å². The monoisotopic (exact) mass is 624 g/mol. The van der Waals surface area contributed by atoms with Crippen LogP contribution in [0.2, 0.25) is 0 Å². The topological polar surface area (TPSA) is 104 Å². The molecule has 0 unspecified atom stereocenters. The van der Waals surface area contributed by atoms with E-state index in [1.54, 1.807) is 37.9 Å². The summed E-state index contributed by atoms with van der Waals surface area (Å²) in [4.78, 5) is 13.8. The molecule has 2 aromatic heterocycles. The van der Waals surface area contributed by atoms with Crippen molar-refractivity contribution in [3.63, 3.8) is 0 Å². The normalized spacial score (nSPS) is 14.3. The van der Waals surface area contributed by atoms with Crippen LogP contribution >= 0.6 is 15.9 Å². The van der Waals surface area contributed by atoms with E-state index in [2.05, 4.69) is 58.5 Å². The first kappa shape index (κ1) is 28.8. The maximum Gasteiger partial charge on any atom is 0.229 e. The average molecular weight is 626 g/mol. The van der Waals surface area contributed by atoms with Crippen LogP contribution in [0.1, 0.15) is 19.4 Å². The van der Waals surface area contributed by atoms with Gasteiger partial charge in [0.1, 0.15) is 17.4 Å². The first-order valence-electron chi connectivity index (χ1n) is 13.3. The summed E-state index contributed by atoms with van der Waals surface area (Å²) < 4.78 is 22.3. The van der Waals surface area contributed by atoms with E-state index in [1.807, 2.05) is 31.6 Å². The molecular formula is C29H34BrFN8O2. The number of anilines is 5. The van der Waals surface area contributed by atoms with Crippen molar-refractivity contribution < 1.29 is 14.2 Å². The van der Waals surface area contributed by atoms with Crippen LogP contribution in [0.3, 0.4) is 0 Å². The number of ether oxygens (including phenoxy) is 1.